The third-order valence-electron chi connectivity index (χ3n) is 2.88. The van der Waals surface area contributed by atoms with E-state index in [-0.39, 0.29) is 0 Å². The lowest BCUT2D eigenvalue weighted by molar-refractivity contribution is 0.377. The van der Waals surface area contributed by atoms with Gasteiger partial charge in [-0.05, 0) is 19.2 Å². The molecule has 0 unspecified atom stereocenters. The quantitative estimate of drug-likeness (QED) is 0.772. The van der Waals surface area contributed by atoms with Gasteiger partial charge in [0.1, 0.15) is 5.69 Å². The second-order valence-corrected chi connectivity index (χ2v) is 4.25. The monoisotopic (exact) mass is 254 g/mol. The molecule has 2 aromatic heterocycles. The number of pyridine rings is 1. The molecule has 0 fully saturated rings. The van der Waals surface area contributed by atoms with Crippen molar-refractivity contribution >= 4 is 10.9 Å². The second kappa shape index (κ2) is 5.16. The Balaban J connectivity index is 1.92. The van der Waals surface area contributed by atoms with E-state index in [1.54, 1.807) is 0 Å². The number of nitrogens with zero attached hydrogens (tertiary/aromatic N) is 3. The summed E-state index contributed by atoms with van der Waals surface area (Å²) in [5.41, 5.74) is 1.67. The molecule has 0 saturated carbocycles. The number of fused-ring (bicyclic) bond motifs is 1. The number of para-hydroxylation sites is 1. The average molecular weight is 254 g/mol. The van der Waals surface area contributed by atoms with Crippen LogP contribution in [0.15, 0.2) is 40.9 Å². The number of aromatic nitrogens is 3. The van der Waals surface area contributed by atoms with Crippen LogP contribution in [-0.4, -0.2) is 28.7 Å². The van der Waals surface area contributed by atoms with Gasteiger partial charge in [-0.25, -0.2) is 4.98 Å². The molecule has 0 atom stereocenters. The second-order valence-electron chi connectivity index (χ2n) is 4.25. The highest BCUT2D eigenvalue weighted by atomic mass is 16.5. The molecular formula is C14H14N4O. The maximum absolute atomic E-state index is 5.19. The Morgan fingerprint density at radius 2 is 2.00 bits per heavy atom. The molecule has 0 radical (unpaired) electrons. The largest absolute Gasteiger partial charge is 0.339 e. The zero-order chi connectivity index (χ0) is 13.1. The van der Waals surface area contributed by atoms with E-state index in [1.165, 1.54) is 0 Å². The van der Waals surface area contributed by atoms with Gasteiger partial charge in [0.15, 0.2) is 0 Å². The first-order valence-electron chi connectivity index (χ1n) is 6.20. The zero-order valence-electron chi connectivity index (χ0n) is 10.6. The van der Waals surface area contributed by atoms with E-state index in [2.05, 4.69) is 20.4 Å². The number of hydrogen-bond donors (Lipinski definition) is 1. The molecule has 3 aromatic rings. The van der Waals surface area contributed by atoms with E-state index < -0.39 is 0 Å². The van der Waals surface area contributed by atoms with Crippen molar-refractivity contribution in [3.05, 3.63) is 42.3 Å². The fourth-order valence-electron chi connectivity index (χ4n) is 1.88. The van der Waals surface area contributed by atoms with E-state index in [0.717, 1.165) is 29.6 Å². The van der Waals surface area contributed by atoms with Crippen LogP contribution in [0.2, 0.25) is 0 Å². The highest BCUT2D eigenvalue weighted by molar-refractivity contribution is 5.80. The molecule has 5 heteroatoms. The summed E-state index contributed by atoms with van der Waals surface area (Å²) in [6.45, 7) is 0.812. The number of benzene rings is 1. The highest BCUT2D eigenvalue weighted by Crippen LogP contribution is 2.18. The first-order valence-corrected chi connectivity index (χ1v) is 6.20. The summed E-state index contributed by atoms with van der Waals surface area (Å²) >= 11 is 0. The number of hydrogen-bond acceptors (Lipinski definition) is 5. The van der Waals surface area contributed by atoms with Gasteiger partial charge in [0.2, 0.25) is 11.7 Å². The van der Waals surface area contributed by atoms with E-state index in [1.807, 2.05) is 43.4 Å². The SMILES string of the molecule is CNCCc1nc(-c2ccc3ccccc3n2)no1. The van der Waals surface area contributed by atoms with Crippen LogP contribution < -0.4 is 5.32 Å². The van der Waals surface area contributed by atoms with Crippen LogP contribution in [0.3, 0.4) is 0 Å². The van der Waals surface area contributed by atoms with Gasteiger partial charge in [-0.15, -0.1) is 0 Å². The topological polar surface area (TPSA) is 63.8 Å². The predicted octanol–water partition coefficient (Wildman–Crippen LogP) is 2.05. The summed E-state index contributed by atoms with van der Waals surface area (Å²) in [5.74, 6) is 1.16. The molecule has 5 nitrogen and oxygen atoms in total. The maximum Gasteiger partial charge on any atom is 0.228 e. The smallest absolute Gasteiger partial charge is 0.228 e. The Kier molecular flexibility index (Phi) is 3.20. The van der Waals surface area contributed by atoms with Crippen molar-refractivity contribution < 1.29 is 4.52 Å². The molecule has 1 N–H and O–H groups in total. The van der Waals surface area contributed by atoms with E-state index >= 15 is 0 Å². The van der Waals surface area contributed by atoms with Crippen LogP contribution >= 0.6 is 0 Å². The molecule has 2 heterocycles. The molecule has 0 aliphatic heterocycles. The lowest BCUT2D eigenvalue weighted by atomic mass is 10.2. The highest BCUT2D eigenvalue weighted by Gasteiger charge is 2.09. The predicted molar refractivity (Wildman–Crippen MR) is 72.7 cm³/mol. The summed E-state index contributed by atoms with van der Waals surface area (Å²) in [4.78, 5) is 8.88. The van der Waals surface area contributed by atoms with Gasteiger partial charge < -0.3 is 9.84 Å². The van der Waals surface area contributed by atoms with Crippen molar-refractivity contribution in [2.24, 2.45) is 0 Å². The molecule has 3 rings (SSSR count). The Morgan fingerprint density at radius 3 is 2.89 bits per heavy atom. The van der Waals surface area contributed by atoms with Crippen molar-refractivity contribution in [2.45, 2.75) is 6.42 Å². The number of likely N-dealkylation sites (N-methyl/N-ethyl adjacent to an activating group) is 1. The molecule has 0 saturated heterocycles. The minimum atomic E-state index is 0.539. The standard InChI is InChI=1S/C14H14N4O/c1-15-9-8-13-17-14(18-19-13)12-7-6-10-4-2-3-5-11(10)16-12/h2-7,15H,8-9H2,1H3. The van der Waals surface area contributed by atoms with Gasteiger partial charge in [0.25, 0.3) is 0 Å². The van der Waals surface area contributed by atoms with Gasteiger partial charge in [-0.2, -0.15) is 4.98 Å². The van der Waals surface area contributed by atoms with E-state index in [0.29, 0.717) is 11.7 Å². The zero-order valence-corrected chi connectivity index (χ0v) is 10.6. The Bertz CT molecular complexity index is 692. The first kappa shape index (κ1) is 11.8. The van der Waals surface area contributed by atoms with Crippen LogP contribution in [0.1, 0.15) is 5.89 Å². The van der Waals surface area contributed by atoms with Crippen LogP contribution in [0.4, 0.5) is 0 Å². The molecule has 0 aliphatic carbocycles. The van der Waals surface area contributed by atoms with Crippen molar-refractivity contribution in [3.8, 4) is 11.5 Å². The Labute approximate surface area is 110 Å². The molecule has 0 aliphatic rings. The summed E-state index contributed by atoms with van der Waals surface area (Å²) in [6.07, 6.45) is 0.719. The maximum atomic E-state index is 5.19. The van der Waals surface area contributed by atoms with Gasteiger partial charge in [0, 0.05) is 18.4 Å². The van der Waals surface area contributed by atoms with Crippen LogP contribution in [-0.2, 0) is 6.42 Å². The van der Waals surface area contributed by atoms with Crippen LogP contribution in [0, 0.1) is 0 Å². The van der Waals surface area contributed by atoms with E-state index in [4.69, 9.17) is 4.52 Å². The van der Waals surface area contributed by atoms with Gasteiger partial charge in [0.05, 0.1) is 5.52 Å². The molecule has 0 spiro atoms. The van der Waals surface area contributed by atoms with Crippen LogP contribution in [0.25, 0.3) is 22.4 Å². The summed E-state index contributed by atoms with van der Waals surface area (Å²) in [7, 11) is 1.89. The normalized spacial score (nSPS) is 11.0. The number of rotatable bonds is 4. The fourth-order valence-corrected chi connectivity index (χ4v) is 1.88. The molecule has 0 bridgehead atoms. The Hall–Kier alpha value is -2.27. The van der Waals surface area contributed by atoms with Crippen molar-refractivity contribution in [1.29, 1.82) is 0 Å². The van der Waals surface area contributed by atoms with Crippen LogP contribution in [0.5, 0.6) is 0 Å². The van der Waals surface area contributed by atoms with Gasteiger partial charge in [-0.3, -0.25) is 0 Å². The summed E-state index contributed by atoms with van der Waals surface area (Å²) in [5, 5.41) is 8.12. The van der Waals surface area contributed by atoms with Crippen molar-refractivity contribution in [2.75, 3.05) is 13.6 Å². The lowest BCUT2D eigenvalue weighted by Crippen LogP contribution is -2.10. The lowest BCUT2D eigenvalue weighted by Gasteiger charge is -1.98. The first-order chi connectivity index (χ1) is 9.36. The molecular weight excluding hydrogens is 240 g/mol. The Morgan fingerprint density at radius 1 is 1.11 bits per heavy atom. The number of nitrogens with one attached hydrogen (secondary N) is 1. The fraction of sp³-hybridized carbons (Fsp3) is 0.214. The molecule has 1 aromatic carbocycles. The summed E-state index contributed by atoms with van der Waals surface area (Å²) < 4.78 is 5.19. The van der Waals surface area contributed by atoms with E-state index in [9.17, 15) is 0 Å². The minimum Gasteiger partial charge on any atom is -0.339 e. The molecule has 19 heavy (non-hydrogen) atoms. The summed E-state index contributed by atoms with van der Waals surface area (Å²) in [6, 6.07) is 11.9. The third kappa shape index (κ3) is 2.46. The molecule has 96 valence electrons. The minimum absolute atomic E-state index is 0.539. The van der Waals surface area contributed by atoms with Crippen molar-refractivity contribution in [1.82, 2.24) is 20.4 Å². The average Bonchev–Trinajstić information content (AvgIpc) is 2.93. The van der Waals surface area contributed by atoms with Gasteiger partial charge >= 0.3 is 0 Å². The molecule has 0 amide bonds. The van der Waals surface area contributed by atoms with Crippen molar-refractivity contribution in [3.63, 3.8) is 0 Å². The van der Waals surface area contributed by atoms with Gasteiger partial charge in [-0.1, -0.05) is 29.4 Å². The third-order valence-corrected chi connectivity index (χ3v) is 2.88.